The molecule has 0 unspecified atom stereocenters. The highest BCUT2D eigenvalue weighted by molar-refractivity contribution is 6.40. The zero-order chi connectivity index (χ0) is 18.3. The minimum Gasteiger partial charge on any atom is -0.497 e. The summed E-state index contributed by atoms with van der Waals surface area (Å²) < 4.78 is 10.8. The minimum atomic E-state index is -0.401. The molecule has 1 aliphatic rings. The van der Waals surface area contributed by atoms with Gasteiger partial charge < -0.3 is 14.6 Å². The topological polar surface area (TPSA) is 64.4 Å². The Morgan fingerprint density at radius 3 is 2.69 bits per heavy atom. The van der Waals surface area contributed by atoms with Gasteiger partial charge in [0.1, 0.15) is 5.75 Å². The molecule has 0 aliphatic heterocycles. The predicted octanol–water partition coefficient (Wildman–Crippen LogP) is 5.01. The van der Waals surface area contributed by atoms with E-state index in [0.717, 1.165) is 28.9 Å². The number of halogens is 2. The Kier molecular flexibility index (Phi) is 4.34. The number of nitrogens with one attached hydrogen (secondary N) is 1. The Morgan fingerprint density at radius 1 is 1.19 bits per heavy atom. The molecule has 0 bridgehead atoms. The average molecular weight is 389 g/mol. The highest BCUT2D eigenvalue weighted by Gasteiger charge is 2.28. The van der Waals surface area contributed by atoms with E-state index in [0.29, 0.717) is 27.9 Å². The number of amides is 1. The van der Waals surface area contributed by atoms with Gasteiger partial charge in [-0.1, -0.05) is 34.4 Å². The van der Waals surface area contributed by atoms with Crippen LogP contribution < -0.4 is 10.1 Å². The molecule has 0 saturated carbocycles. The fourth-order valence-electron chi connectivity index (χ4n) is 3.11. The lowest BCUT2D eigenvalue weighted by molar-refractivity contribution is 0.101. The molecule has 5 nitrogen and oxygen atoms in total. The van der Waals surface area contributed by atoms with Crippen molar-refractivity contribution in [2.24, 2.45) is 0 Å². The maximum absolute atomic E-state index is 12.7. The fourth-order valence-corrected chi connectivity index (χ4v) is 3.60. The normalized spacial score (nSPS) is 12.3. The van der Waals surface area contributed by atoms with Gasteiger partial charge in [-0.15, -0.1) is 0 Å². The summed E-state index contributed by atoms with van der Waals surface area (Å²) >= 11 is 12.2. The molecule has 0 saturated heterocycles. The van der Waals surface area contributed by atoms with Crippen LogP contribution in [-0.2, 0) is 12.8 Å². The molecule has 1 N–H and O–H groups in total. The highest BCUT2D eigenvalue weighted by atomic mass is 35.5. The maximum Gasteiger partial charge on any atom is 0.278 e. The number of nitrogens with zero attached hydrogens (tertiary/aromatic N) is 1. The van der Waals surface area contributed by atoms with E-state index in [1.807, 2.05) is 18.2 Å². The second kappa shape index (κ2) is 6.67. The van der Waals surface area contributed by atoms with Crippen LogP contribution in [0.15, 0.2) is 40.9 Å². The number of aryl methyl sites for hydroxylation is 1. The molecule has 1 aromatic heterocycles. The van der Waals surface area contributed by atoms with Crippen molar-refractivity contribution in [1.82, 2.24) is 5.16 Å². The fraction of sp³-hybridized carbons (Fsp3) is 0.158. The number of carbonyl (C=O) groups is 1. The van der Waals surface area contributed by atoms with Crippen molar-refractivity contribution in [2.45, 2.75) is 12.8 Å². The lowest BCUT2D eigenvalue weighted by Gasteiger charge is -2.16. The van der Waals surface area contributed by atoms with Crippen LogP contribution in [0.3, 0.4) is 0 Å². The molecule has 4 rings (SSSR count). The molecular formula is C19H14Cl2N2O3. The maximum atomic E-state index is 12.7. The number of rotatable bonds is 3. The van der Waals surface area contributed by atoms with Gasteiger partial charge in [-0.3, -0.25) is 4.79 Å². The molecule has 1 amide bonds. The van der Waals surface area contributed by atoms with Crippen molar-refractivity contribution in [3.63, 3.8) is 0 Å². The SMILES string of the molecule is COc1ccc2c(c1)CCc1c(C(=O)Nc3c(Cl)cccc3Cl)noc1-2. The van der Waals surface area contributed by atoms with Gasteiger partial charge >= 0.3 is 0 Å². The molecule has 0 spiro atoms. The third-order valence-electron chi connectivity index (χ3n) is 4.41. The molecule has 132 valence electrons. The van der Waals surface area contributed by atoms with E-state index in [1.165, 1.54) is 0 Å². The summed E-state index contributed by atoms with van der Waals surface area (Å²) in [6.45, 7) is 0. The highest BCUT2D eigenvalue weighted by Crippen LogP contribution is 2.37. The number of carbonyl (C=O) groups excluding carboxylic acids is 1. The van der Waals surface area contributed by atoms with Crippen molar-refractivity contribution >= 4 is 34.8 Å². The lowest BCUT2D eigenvalue weighted by Crippen LogP contribution is -2.16. The Hall–Kier alpha value is -2.50. The first-order valence-corrected chi connectivity index (χ1v) is 8.75. The average Bonchev–Trinajstić information content (AvgIpc) is 3.08. The molecule has 1 heterocycles. The van der Waals surface area contributed by atoms with E-state index in [9.17, 15) is 4.79 Å². The Labute approximate surface area is 159 Å². The van der Waals surface area contributed by atoms with Gasteiger partial charge in [0.25, 0.3) is 5.91 Å². The van der Waals surface area contributed by atoms with Crippen molar-refractivity contribution in [3.8, 4) is 17.1 Å². The number of hydrogen-bond acceptors (Lipinski definition) is 4. The standard InChI is InChI=1S/C19H14Cl2N2O3/c1-25-11-6-8-12-10(9-11)5-7-13-16(23-26-18(12)13)19(24)22-17-14(20)3-2-4-15(17)21/h2-4,6,8-9H,5,7H2,1H3,(H,22,24). The van der Waals surface area contributed by atoms with Crippen LogP contribution in [0, 0.1) is 0 Å². The summed E-state index contributed by atoms with van der Waals surface area (Å²) in [6.07, 6.45) is 1.42. The first kappa shape index (κ1) is 16.9. The number of anilines is 1. The van der Waals surface area contributed by atoms with Crippen LogP contribution in [0.5, 0.6) is 5.75 Å². The molecule has 1 aliphatic carbocycles. The second-order valence-electron chi connectivity index (χ2n) is 5.91. The smallest absolute Gasteiger partial charge is 0.278 e. The number of hydrogen-bond donors (Lipinski definition) is 1. The van der Waals surface area contributed by atoms with Gasteiger partial charge in [0.2, 0.25) is 0 Å². The number of ether oxygens (including phenoxy) is 1. The van der Waals surface area contributed by atoms with Gasteiger partial charge in [0.05, 0.1) is 22.8 Å². The monoisotopic (exact) mass is 388 g/mol. The van der Waals surface area contributed by atoms with E-state index < -0.39 is 5.91 Å². The third kappa shape index (κ3) is 2.83. The number of benzene rings is 2. The van der Waals surface area contributed by atoms with Crippen LogP contribution in [0.4, 0.5) is 5.69 Å². The van der Waals surface area contributed by atoms with Crippen LogP contribution in [0.1, 0.15) is 21.6 Å². The van der Waals surface area contributed by atoms with Gasteiger partial charge in [-0.25, -0.2) is 0 Å². The zero-order valence-electron chi connectivity index (χ0n) is 13.8. The van der Waals surface area contributed by atoms with E-state index in [1.54, 1.807) is 25.3 Å². The van der Waals surface area contributed by atoms with Gasteiger partial charge in [-0.05, 0) is 48.7 Å². The molecule has 26 heavy (non-hydrogen) atoms. The van der Waals surface area contributed by atoms with E-state index >= 15 is 0 Å². The molecule has 0 fully saturated rings. The number of para-hydroxylation sites is 1. The van der Waals surface area contributed by atoms with Crippen LogP contribution >= 0.6 is 23.2 Å². The summed E-state index contributed by atoms with van der Waals surface area (Å²) in [5, 5.41) is 7.44. The van der Waals surface area contributed by atoms with E-state index in [4.69, 9.17) is 32.5 Å². The van der Waals surface area contributed by atoms with E-state index in [-0.39, 0.29) is 5.69 Å². The van der Waals surface area contributed by atoms with Gasteiger partial charge in [-0.2, -0.15) is 0 Å². The van der Waals surface area contributed by atoms with Crippen molar-refractivity contribution in [1.29, 1.82) is 0 Å². The number of aromatic nitrogens is 1. The molecule has 7 heteroatoms. The summed E-state index contributed by atoms with van der Waals surface area (Å²) in [7, 11) is 1.63. The number of fused-ring (bicyclic) bond motifs is 3. The molecule has 2 aromatic carbocycles. The summed E-state index contributed by atoms with van der Waals surface area (Å²) in [5.74, 6) is 1.00. The van der Waals surface area contributed by atoms with Crippen molar-refractivity contribution < 1.29 is 14.1 Å². The zero-order valence-corrected chi connectivity index (χ0v) is 15.3. The second-order valence-corrected chi connectivity index (χ2v) is 6.73. The van der Waals surface area contributed by atoms with Crippen LogP contribution in [0.25, 0.3) is 11.3 Å². The Balaban J connectivity index is 1.68. The summed E-state index contributed by atoms with van der Waals surface area (Å²) in [4.78, 5) is 12.7. The first-order chi connectivity index (χ1) is 12.6. The van der Waals surface area contributed by atoms with Crippen molar-refractivity contribution in [3.05, 3.63) is 63.3 Å². The largest absolute Gasteiger partial charge is 0.497 e. The third-order valence-corrected chi connectivity index (χ3v) is 5.04. The quantitative estimate of drug-likeness (QED) is 0.684. The van der Waals surface area contributed by atoms with Gasteiger partial charge in [0.15, 0.2) is 11.5 Å². The summed E-state index contributed by atoms with van der Waals surface area (Å²) in [6, 6.07) is 10.8. The molecule has 3 aromatic rings. The lowest BCUT2D eigenvalue weighted by atomic mass is 9.89. The van der Waals surface area contributed by atoms with Crippen molar-refractivity contribution in [2.75, 3.05) is 12.4 Å². The van der Waals surface area contributed by atoms with Crippen LogP contribution in [-0.4, -0.2) is 18.2 Å². The molecule has 0 atom stereocenters. The molecular weight excluding hydrogens is 375 g/mol. The predicted molar refractivity (Wildman–Crippen MR) is 100 cm³/mol. The number of methoxy groups -OCH3 is 1. The van der Waals surface area contributed by atoms with Crippen LogP contribution in [0.2, 0.25) is 10.0 Å². The minimum absolute atomic E-state index is 0.248. The summed E-state index contributed by atoms with van der Waals surface area (Å²) in [5.41, 5.74) is 3.42. The first-order valence-electron chi connectivity index (χ1n) is 7.99. The van der Waals surface area contributed by atoms with Gasteiger partial charge in [0, 0.05) is 11.1 Å². The molecule has 0 radical (unpaired) electrons. The Morgan fingerprint density at radius 2 is 1.96 bits per heavy atom. The Bertz CT molecular complexity index is 994. The van der Waals surface area contributed by atoms with E-state index in [2.05, 4.69) is 10.5 Å².